The van der Waals surface area contributed by atoms with Crippen molar-refractivity contribution >= 4 is 0 Å². The second-order valence-electron chi connectivity index (χ2n) is 3.62. The Morgan fingerprint density at radius 1 is 1.45 bits per heavy atom. The first-order chi connectivity index (χ1) is 5.25. The van der Waals surface area contributed by atoms with Gasteiger partial charge in [-0.15, -0.1) is 0 Å². The molecule has 0 bridgehead atoms. The minimum absolute atomic E-state index is 0.303. The predicted molar refractivity (Wildman–Crippen MR) is 46.5 cm³/mol. The molecule has 1 rings (SSSR count). The van der Waals surface area contributed by atoms with E-state index in [1.807, 2.05) is 0 Å². The van der Waals surface area contributed by atoms with Crippen molar-refractivity contribution in [2.24, 2.45) is 5.92 Å². The summed E-state index contributed by atoms with van der Waals surface area (Å²) in [4.78, 5) is 2.38. The summed E-state index contributed by atoms with van der Waals surface area (Å²) in [5, 5.41) is 8.78. The molecule has 0 spiro atoms. The van der Waals surface area contributed by atoms with Gasteiger partial charge in [0.2, 0.25) is 0 Å². The van der Waals surface area contributed by atoms with Crippen molar-refractivity contribution in [2.75, 3.05) is 19.7 Å². The molecule has 1 heterocycles. The first-order valence-corrected chi connectivity index (χ1v) is 4.60. The van der Waals surface area contributed by atoms with Crippen LogP contribution in [0.4, 0.5) is 0 Å². The van der Waals surface area contributed by atoms with Crippen LogP contribution in [0.2, 0.25) is 0 Å². The lowest BCUT2D eigenvalue weighted by Crippen LogP contribution is -2.43. The van der Waals surface area contributed by atoms with Crippen molar-refractivity contribution in [3.8, 4) is 0 Å². The number of hydrogen-bond donors (Lipinski definition) is 1. The zero-order valence-corrected chi connectivity index (χ0v) is 7.58. The largest absolute Gasteiger partial charge is 0.395 e. The van der Waals surface area contributed by atoms with E-state index < -0.39 is 0 Å². The molecule has 0 aliphatic carbocycles. The van der Waals surface area contributed by atoms with Crippen LogP contribution >= 0.6 is 0 Å². The molecule has 2 atom stereocenters. The lowest BCUT2D eigenvalue weighted by molar-refractivity contribution is 0.0911. The summed E-state index contributed by atoms with van der Waals surface area (Å²) in [7, 11) is 0. The van der Waals surface area contributed by atoms with Crippen LogP contribution in [0, 0.1) is 5.92 Å². The van der Waals surface area contributed by atoms with Crippen LogP contribution < -0.4 is 0 Å². The Kier molecular flexibility index (Phi) is 3.34. The molecule has 2 heteroatoms. The topological polar surface area (TPSA) is 23.5 Å². The highest BCUT2D eigenvalue weighted by molar-refractivity contribution is 4.77. The van der Waals surface area contributed by atoms with E-state index >= 15 is 0 Å². The Morgan fingerprint density at radius 3 is 2.82 bits per heavy atom. The summed E-state index contributed by atoms with van der Waals surface area (Å²) in [6.45, 7) is 6.89. The van der Waals surface area contributed by atoms with E-state index in [-0.39, 0.29) is 0 Å². The Labute approximate surface area is 69.2 Å². The summed E-state index contributed by atoms with van der Waals surface area (Å²) < 4.78 is 0. The van der Waals surface area contributed by atoms with Crippen molar-refractivity contribution < 1.29 is 5.11 Å². The van der Waals surface area contributed by atoms with Crippen LogP contribution in [0.25, 0.3) is 0 Å². The van der Waals surface area contributed by atoms with E-state index in [1.165, 1.54) is 19.4 Å². The average molecular weight is 157 g/mol. The summed E-state index contributed by atoms with van der Waals surface area (Å²) in [6, 6.07) is 0.663. The van der Waals surface area contributed by atoms with Gasteiger partial charge < -0.3 is 5.11 Å². The summed E-state index contributed by atoms with van der Waals surface area (Å²) in [5.41, 5.74) is 0. The van der Waals surface area contributed by atoms with Crippen LogP contribution in [0.15, 0.2) is 0 Å². The number of likely N-dealkylation sites (tertiary alicyclic amines) is 1. The molecule has 1 aliphatic heterocycles. The highest BCUT2D eigenvalue weighted by Gasteiger charge is 2.23. The van der Waals surface area contributed by atoms with Crippen LogP contribution in [-0.2, 0) is 0 Å². The van der Waals surface area contributed by atoms with Crippen molar-refractivity contribution in [2.45, 2.75) is 32.7 Å². The fourth-order valence-electron chi connectivity index (χ4n) is 1.86. The maximum absolute atomic E-state index is 8.78. The number of nitrogens with zero attached hydrogens (tertiary/aromatic N) is 1. The van der Waals surface area contributed by atoms with Gasteiger partial charge in [0.05, 0.1) is 6.61 Å². The van der Waals surface area contributed by atoms with E-state index in [1.54, 1.807) is 0 Å². The number of β-amino-alcohol motifs (C(OH)–C–C–N with tert-alkyl or cyclic N) is 1. The molecule has 1 fully saturated rings. The molecule has 0 saturated carbocycles. The molecule has 0 amide bonds. The van der Waals surface area contributed by atoms with E-state index in [9.17, 15) is 0 Å². The highest BCUT2D eigenvalue weighted by atomic mass is 16.3. The Hall–Kier alpha value is -0.0800. The summed E-state index contributed by atoms with van der Waals surface area (Å²) >= 11 is 0. The van der Waals surface area contributed by atoms with Crippen LogP contribution in [0.5, 0.6) is 0 Å². The third-order valence-electron chi connectivity index (χ3n) is 2.89. The maximum atomic E-state index is 8.78. The SMILES string of the molecule is C[C@@H]1[C@@H](C)CCCN1CCO. The van der Waals surface area contributed by atoms with Crippen LogP contribution in [0.3, 0.4) is 0 Å². The van der Waals surface area contributed by atoms with Crippen LogP contribution in [-0.4, -0.2) is 35.7 Å². The molecular weight excluding hydrogens is 138 g/mol. The molecule has 1 N–H and O–H groups in total. The summed E-state index contributed by atoms with van der Waals surface area (Å²) in [5.74, 6) is 0.801. The number of aliphatic hydroxyl groups is 1. The monoisotopic (exact) mass is 157 g/mol. The molecular formula is C9H19NO. The normalized spacial score (nSPS) is 34.1. The third-order valence-corrected chi connectivity index (χ3v) is 2.89. The molecule has 66 valence electrons. The summed E-state index contributed by atoms with van der Waals surface area (Å²) in [6.07, 6.45) is 2.65. The molecule has 0 radical (unpaired) electrons. The third kappa shape index (κ3) is 2.17. The lowest BCUT2D eigenvalue weighted by Gasteiger charge is -2.37. The Bertz CT molecular complexity index is 114. The Morgan fingerprint density at radius 2 is 2.18 bits per heavy atom. The zero-order valence-electron chi connectivity index (χ0n) is 7.58. The van der Waals surface area contributed by atoms with Crippen LogP contribution in [0.1, 0.15) is 26.7 Å². The molecule has 2 nitrogen and oxygen atoms in total. The minimum atomic E-state index is 0.303. The van der Waals surface area contributed by atoms with Crippen molar-refractivity contribution in [3.63, 3.8) is 0 Å². The van der Waals surface area contributed by atoms with Gasteiger partial charge in [0.25, 0.3) is 0 Å². The molecule has 0 aromatic rings. The smallest absolute Gasteiger partial charge is 0.0558 e. The second kappa shape index (κ2) is 4.07. The molecule has 0 aromatic heterocycles. The number of hydrogen-bond acceptors (Lipinski definition) is 2. The van der Waals surface area contributed by atoms with Gasteiger partial charge in [0, 0.05) is 12.6 Å². The molecule has 11 heavy (non-hydrogen) atoms. The van der Waals surface area contributed by atoms with Gasteiger partial charge in [-0.3, -0.25) is 4.90 Å². The van der Waals surface area contributed by atoms with Gasteiger partial charge in [0.15, 0.2) is 0 Å². The first-order valence-electron chi connectivity index (χ1n) is 4.60. The second-order valence-corrected chi connectivity index (χ2v) is 3.62. The van der Waals surface area contributed by atoms with Crippen molar-refractivity contribution in [1.29, 1.82) is 0 Å². The molecule has 0 aromatic carbocycles. The highest BCUT2D eigenvalue weighted by Crippen LogP contribution is 2.21. The lowest BCUT2D eigenvalue weighted by atomic mass is 9.92. The number of rotatable bonds is 2. The van der Waals surface area contributed by atoms with Gasteiger partial charge >= 0.3 is 0 Å². The van der Waals surface area contributed by atoms with Crippen molar-refractivity contribution in [1.82, 2.24) is 4.90 Å². The standard InChI is InChI=1S/C9H19NO/c1-8-4-3-5-10(6-7-11)9(8)2/h8-9,11H,3-7H2,1-2H3/t8-,9+/m0/s1. The number of piperidine rings is 1. The molecule has 0 unspecified atom stereocenters. The van der Waals surface area contributed by atoms with Gasteiger partial charge in [-0.1, -0.05) is 6.92 Å². The van der Waals surface area contributed by atoms with E-state index in [0.717, 1.165) is 12.5 Å². The van der Waals surface area contributed by atoms with Gasteiger partial charge in [-0.05, 0) is 32.2 Å². The van der Waals surface area contributed by atoms with Gasteiger partial charge in [-0.25, -0.2) is 0 Å². The Balaban J connectivity index is 2.38. The van der Waals surface area contributed by atoms with Crippen molar-refractivity contribution in [3.05, 3.63) is 0 Å². The zero-order chi connectivity index (χ0) is 8.27. The van der Waals surface area contributed by atoms with Gasteiger partial charge in [-0.2, -0.15) is 0 Å². The minimum Gasteiger partial charge on any atom is -0.395 e. The maximum Gasteiger partial charge on any atom is 0.0558 e. The van der Waals surface area contributed by atoms with E-state index in [4.69, 9.17) is 5.11 Å². The predicted octanol–water partition coefficient (Wildman–Crippen LogP) is 1.10. The molecule has 1 aliphatic rings. The average Bonchev–Trinajstić information content (AvgIpc) is 1.99. The fraction of sp³-hybridized carbons (Fsp3) is 1.00. The fourth-order valence-corrected chi connectivity index (χ4v) is 1.86. The molecule has 1 saturated heterocycles. The van der Waals surface area contributed by atoms with E-state index in [0.29, 0.717) is 12.6 Å². The van der Waals surface area contributed by atoms with Gasteiger partial charge in [0.1, 0.15) is 0 Å². The number of aliphatic hydroxyl groups excluding tert-OH is 1. The van der Waals surface area contributed by atoms with E-state index in [2.05, 4.69) is 18.7 Å². The quantitative estimate of drug-likeness (QED) is 0.649. The first kappa shape index (κ1) is 9.01.